The molecule has 1 heterocycles. The van der Waals surface area contributed by atoms with Crippen LogP contribution in [0.25, 0.3) is 0 Å². The number of hydrogen-bond acceptors (Lipinski definition) is 5. The van der Waals surface area contributed by atoms with Crippen LogP contribution >= 0.6 is 11.8 Å². The highest BCUT2D eigenvalue weighted by molar-refractivity contribution is 7.99. The van der Waals surface area contributed by atoms with Gasteiger partial charge in [0.05, 0.1) is 6.10 Å². The Morgan fingerprint density at radius 2 is 1.94 bits per heavy atom. The third kappa shape index (κ3) is 8.05. The molecule has 0 radical (unpaired) electrons. The minimum absolute atomic E-state index is 0.110. The van der Waals surface area contributed by atoms with E-state index in [0.29, 0.717) is 49.3 Å². The van der Waals surface area contributed by atoms with Crippen molar-refractivity contribution in [3.8, 4) is 11.5 Å². The van der Waals surface area contributed by atoms with Gasteiger partial charge in [-0.2, -0.15) is 11.8 Å². The molecule has 2 aromatic carbocycles. The van der Waals surface area contributed by atoms with Gasteiger partial charge in [-0.3, -0.25) is 9.59 Å². The van der Waals surface area contributed by atoms with E-state index >= 15 is 0 Å². The quantitative estimate of drug-likeness (QED) is 0.396. The van der Waals surface area contributed by atoms with Crippen LogP contribution in [0.5, 0.6) is 11.5 Å². The standard InChI is InChI=1S/C25H30FNO5S/c26-19-5-2-7-22(17-19)32-21-6-1-4-18(16-21)23(28)11-9-20-10-12-24(29)27(20)13-15-33-14-3-8-25(30)31/h1-2,4-7,16-17,20,23,28H,3,8-15H2,(H,30,31)/t20-,23?/m0/s1. The van der Waals surface area contributed by atoms with Crippen molar-refractivity contribution in [2.45, 2.75) is 50.7 Å². The summed E-state index contributed by atoms with van der Waals surface area (Å²) in [7, 11) is 0. The number of carbonyl (C=O) groups excluding carboxylic acids is 1. The highest BCUT2D eigenvalue weighted by Crippen LogP contribution is 2.30. The summed E-state index contributed by atoms with van der Waals surface area (Å²) in [4.78, 5) is 24.8. The number of carbonyl (C=O) groups is 2. The van der Waals surface area contributed by atoms with Gasteiger partial charge >= 0.3 is 5.97 Å². The number of carboxylic acids is 1. The maximum atomic E-state index is 13.4. The van der Waals surface area contributed by atoms with Crippen molar-refractivity contribution >= 4 is 23.6 Å². The van der Waals surface area contributed by atoms with Crippen LogP contribution in [0.3, 0.4) is 0 Å². The summed E-state index contributed by atoms with van der Waals surface area (Å²) in [5, 5.41) is 19.4. The first-order valence-electron chi connectivity index (χ1n) is 11.2. The van der Waals surface area contributed by atoms with Crippen LogP contribution in [-0.2, 0) is 9.59 Å². The molecular formula is C25H30FNO5S. The van der Waals surface area contributed by atoms with E-state index < -0.39 is 12.1 Å². The zero-order valence-corrected chi connectivity index (χ0v) is 19.3. The predicted molar refractivity (Wildman–Crippen MR) is 126 cm³/mol. The fourth-order valence-corrected chi connectivity index (χ4v) is 4.84. The molecule has 0 aromatic heterocycles. The smallest absolute Gasteiger partial charge is 0.303 e. The van der Waals surface area contributed by atoms with Crippen molar-refractivity contribution in [2.75, 3.05) is 18.1 Å². The van der Waals surface area contributed by atoms with Gasteiger partial charge < -0.3 is 19.8 Å². The number of carboxylic acid groups (broad SMARTS) is 1. The Bertz CT molecular complexity index is 941. The first kappa shape index (κ1) is 25.1. The average Bonchev–Trinajstić information content (AvgIpc) is 3.13. The number of halogens is 1. The minimum Gasteiger partial charge on any atom is -0.481 e. The molecule has 1 unspecified atom stereocenters. The number of rotatable bonds is 13. The van der Waals surface area contributed by atoms with Crippen molar-refractivity contribution in [3.63, 3.8) is 0 Å². The average molecular weight is 476 g/mol. The molecule has 2 atom stereocenters. The molecule has 1 saturated heterocycles. The molecular weight excluding hydrogens is 445 g/mol. The maximum absolute atomic E-state index is 13.4. The number of likely N-dealkylation sites (tertiary alicyclic amines) is 1. The predicted octanol–water partition coefficient (Wildman–Crippen LogP) is 5.02. The summed E-state index contributed by atoms with van der Waals surface area (Å²) in [6.07, 6.45) is 2.65. The van der Waals surface area contributed by atoms with Crippen LogP contribution in [0.1, 0.15) is 50.2 Å². The number of nitrogens with zero attached hydrogens (tertiary/aromatic N) is 1. The number of thioether (sulfide) groups is 1. The third-order valence-electron chi connectivity index (χ3n) is 5.66. The van der Waals surface area contributed by atoms with Crippen molar-refractivity contribution < 1.29 is 28.9 Å². The van der Waals surface area contributed by atoms with Gasteiger partial charge in [0.15, 0.2) is 0 Å². The van der Waals surface area contributed by atoms with Crippen LogP contribution in [0.4, 0.5) is 4.39 Å². The number of aliphatic carboxylic acids is 1. The van der Waals surface area contributed by atoms with Crippen LogP contribution in [0, 0.1) is 5.82 Å². The molecule has 8 heteroatoms. The number of aliphatic hydroxyl groups is 1. The minimum atomic E-state index is -0.782. The third-order valence-corrected chi connectivity index (χ3v) is 6.70. The largest absolute Gasteiger partial charge is 0.481 e. The van der Waals surface area contributed by atoms with Gasteiger partial charge in [-0.1, -0.05) is 18.2 Å². The molecule has 0 bridgehead atoms. The fourth-order valence-electron chi connectivity index (χ4n) is 3.96. The van der Waals surface area contributed by atoms with Crippen molar-refractivity contribution in [1.82, 2.24) is 4.90 Å². The number of hydrogen-bond donors (Lipinski definition) is 2. The summed E-state index contributed by atoms with van der Waals surface area (Å²) < 4.78 is 19.1. The second-order valence-corrected chi connectivity index (χ2v) is 9.34. The topological polar surface area (TPSA) is 87.1 Å². The lowest BCUT2D eigenvalue weighted by Crippen LogP contribution is -2.35. The van der Waals surface area contributed by atoms with E-state index in [1.54, 1.807) is 42.1 Å². The molecule has 33 heavy (non-hydrogen) atoms. The SMILES string of the molecule is O=C(O)CCCSCCN1C(=O)CC[C@@H]1CCC(O)c1cccc(Oc2cccc(F)c2)c1. The number of ether oxygens (including phenoxy) is 1. The first-order valence-corrected chi connectivity index (χ1v) is 12.4. The maximum Gasteiger partial charge on any atom is 0.303 e. The van der Waals surface area contributed by atoms with E-state index in [4.69, 9.17) is 9.84 Å². The van der Waals surface area contributed by atoms with Gasteiger partial charge in [0.25, 0.3) is 0 Å². The van der Waals surface area contributed by atoms with Gasteiger partial charge in [0.1, 0.15) is 17.3 Å². The Hall–Kier alpha value is -2.58. The first-order chi connectivity index (χ1) is 15.9. The molecule has 2 N–H and O–H groups in total. The van der Waals surface area contributed by atoms with Gasteiger partial charge in [-0.25, -0.2) is 4.39 Å². The Morgan fingerprint density at radius 1 is 1.18 bits per heavy atom. The van der Waals surface area contributed by atoms with Gasteiger partial charge in [-0.05, 0) is 61.3 Å². The molecule has 178 valence electrons. The van der Waals surface area contributed by atoms with Crippen molar-refractivity contribution in [1.29, 1.82) is 0 Å². The molecule has 1 amide bonds. The van der Waals surface area contributed by atoms with Crippen LogP contribution in [-0.4, -0.2) is 51.1 Å². The second-order valence-electron chi connectivity index (χ2n) is 8.11. The molecule has 1 fully saturated rings. The normalized spacial score (nSPS) is 16.7. The second kappa shape index (κ2) is 12.6. The van der Waals surface area contributed by atoms with Crippen LogP contribution in [0.15, 0.2) is 48.5 Å². The Morgan fingerprint density at radius 3 is 2.70 bits per heavy atom. The molecule has 0 aliphatic carbocycles. The zero-order chi connectivity index (χ0) is 23.6. The van der Waals surface area contributed by atoms with Crippen molar-refractivity contribution in [3.05, 3.63) is 59.9 Å². The van der Waals surface area contributed by atoms with E-state index in [1.807, 2.05) is 11.0 Å². The highest BCUT2D eigenvalue weighted by atomic mass is 32.2. The van der Waals surface area contributed by atoms with Gasteiger partial charge in [-0.15, -0.1) is 0 Å². The Balaban J connectivity index is 1.47. The lowest BCUT2D eigenvalue weighted by atomic mass is 10.0. The highest BCUT2D eigenvalue weighted by Gasteiger charge is 2.30. The summed E-state index contributed by atoms with van der Waals surface area (Å²) in [6.45, 7) is 0.647. The summed E-state index contributed by atoms with van der Waals surface area (Å²) in [5.74, 6) is 1.45. The van der Waals surface area contributed by atoms with Gasteiger partial charge in [0, 0.05) is 37.2 Å². The Labute approximate surface area is 197 Å². The molecule has 2 aromatic rings. The monoisotopic (exact) mass is 475 g/mol. The van der Waals surface area contributed by atoms with E-state index in [0.717, 1.165) is 17.9 Å². The zero-order valence-electron chi connectivity index (χ0n) is 18.5. The molecule has 1 aliphatic rings. The lowest BCUT2D eigenvalue weighted by Gasteiger charge is -2.25. The molecule has 6 nitrogen and oxygen atoms in total. The lowest BCUT2D eigenvalue weighted by molar-refractivity contribution is -0.137. The van der Waals surface area contributed by atoms with Gasteiger partial charge in [0.2, 0.25) is 5.91 Å². The summed E-state index contributed by atoms with van der Waals surface area (Å²) >= 11 is 1.67. The molecule has 1 aliphatic heterocycles. The summed E-state index contributed by atoms with van der Waals surface area (Å²) in [5.41, 5.74) is 0.716. The molecule has 0 saturated carbocycles. The fraction of sp³-hybridized carbons (Fsp3) is 0.440. The van der Waals surface area contributed by atoms with E-state index in [9.17, 15) is 19.1 Å². The van der Waals surface area contributed by atoms with E-state index in [-0.39, 0.29) is 24.2 Å². The van der Waals surface area contributed by atoms with E-state index in [2.05, 4.69) is 0 Å². The molecule has 3 rings (SSSR count). The van der Waals surface area contributed by atoms with Crippen LogP contribution in [0.2, 0.25) is 0 Å². The Kier molecular flexibility index (Phi) is 9.57. The molecule has 0 spiro atoms. The van der Waals surface area contributed by atoms with E-state index in [1.165, 1.54) is 12.1 Å². The van der Waals surface area contributed by atoms with Crippen molar-refractivity contribution in [2.24, 2.45) is 0 Å². The number of aliphatic hydroxyl groups excluding tert-OH is 1. The van der Waals surface area contributed by atoms with Crippen LogP contribution < -0.4 is 4.74 Å². The number of benzene rings is 2. The number of amides is 1. The summed E-state index contributed by atoms with van der Waals surface area (Å²) in [6, 6.07) is 13.1.